The van der Waals surface area contributed by atoms with Crippen LogP contribution < -0.4 is 26.3 Å². The second kappa shape index (κ2) is 4.96. The zero-order valence-electron chi connectivity index (χ0n) is 7.12. The van der Waals surface area contributed by atoms with Crippen molar-refractivity contribution in [2.45, 2.75) is 19.1 Å². The molecule has 0 N–H and O–H groups in total. The first-order valence-electron chi connectivity index (χ1n) is 4.11. The number of nitrogens with zero attached hydrogens (tertiary/aromatic N) is 1. The third kappa shape index (κ3) is 2.44. The van der Waals surface area contributed by atoms with Crippen LogP contribution in [0.1, 0.15) is 6.42 Å². The number of ether oxygens (including phenoxy) is 1. The molecule has 1 aliphatic heterocycles. The van der Waals surface area contributed by atoms with Gasteiger partial charge in [-0.15, -0.1) is 0 Å². The van der Waals surface area contributed by atoms with Crippen molar-refractivity contribution in [3.63, 3.8) is 0 Å². The fourth-order valence-electron chi connectivity index (χ4n) is 1.37. The van der Waals surface area contributed by atoms with Crippen molar-refractivity contribution in [2.24, 2.45) is 0 Å². The number of alkyl halides is 1. The van der Waals surface area contributed by atoms with E-state index in [1.54, 1.807) is 0 Å². The first kappa shape index (κ1) is 11.0. The molecule has 0 aromatic carbocycles. The average molecular weight is 309 g/mol. The standard InChI is InChI=1S/C9H11BrNO.BrH/c10-7-8-4-6-11-5-2-1-3-9(11)12-8;/h1-3,5,8H,4,6-7H2;1H/q+1;/p-1. The van der Waals surface area contributed by atoms with E-state index in [1.165, 1.54) is 0 Å². The first-order chi connectivity index (χ1) is 5.90. The summed E-state index contributed by atoms with van der Waals surface area (Å²) in [6.07, 6.45) is 3.49. The maximum Gasteiger partial charge on any atom is 0.368 e. The third-order valence-corrected chi connectivity index (χ3v) is 2.77. The molecule has 1 atom stereocenters. The minimum absolute atomic E-state index is 0. The molecule has 1 unspecified atom stereocenters. The molecular formula is C9H11Br2NO. The smallest absolute Gasteiger partial charge is 0.368 e. The molecule has 2 nitrogen and oxygen atoms in total. The molecular weight excluding hydrogens is 298 g/mol. The summed E-state index contributed by atoms with van der Waals surface area (Å²) in [5.41, 5.74) is 0. The Kier molecular flexibility index (Phi) is 4.19. The van der Waals surface area contributed by atoms with Gasteiger partial charge in [-0.25, -0.2) is 0 Å². The van der Waals surface area contributed by atoms with Crippen LogP contribution in [0.3, 0.4) is 0 Å². The molecule has 2 rings (SSSR count). The number of pyridine rings is 1. The van der Waals surface area contributed by atoms with Gasteiger partial charge in [-0.05, 0) is 6.07 Å². The summed E-state index contributed by atoms with van der Waals surface area (Å²) in [7, 11) is 0. The predicted molar refractivity (Wildman–Crippen MR) is 49.5 cm³/mol. The Bertz CT molecular complexity index is 280. The quantitative estimate of drug-likeness (QED) is 0.456. The molecule has 13 heavy (non-hydrogen) atoms. The van der Waals surface area contributed by atoms with E-state index in [0.29, 0.717) is 6.10 Å². The van der Waals surface area contributed by atoms with Gasteiger partial charge < -0.3 is 21.7 Å². The molecule has 0 bridgehead atoms. The normalized spacial score (nSPS) is 19.6. The van der Waals surface area contributed by atoms with Crippen molar-refractivity contribution >= 4 is 15.9 Å². The van der Waals surface area contributed by atoms with E-state index in [9.17, 15) is 0 Å². The van der Waals surface area contributed by atoms with Gasteiger partial charge in [0.25, 0.3) is 0 Å². The van der Waals surface area contributed by atoms with Crippen molar-refractivity contribution in [3.05, 3.63) is 24.4 Å². The summed E-state index contributed by atoms with van der Waals surface area (Å²) in [6, 6.07) is 6.04. The maximum absolute atomic E-state index is 5.70. The Morgan fingerprint density at radius 2 is 2.38 bits per heavy atom. The summed E-state index contributed by atoms with van der Waals surface area (Å²) in [5.74, 6) is 0.980. The van der Waals surface area contributed by atoms with Crippen LogP contribution in [0, 0.1) is 0 Å². The van der Waals surface area contributed by atoms with E-state index in [1.807, 2.05) is 18.2 Å². The van der Waals surface area contributed by atoms with Crippen LogP contribution in [0.25, 0.3) is 0 Å². The Morgan fingerprint density at radius 1 is 1.54 bits per heavy atom. The van der Waals surface area contributed by atoms with Gasteiger partial charge in [0.05, 0.1) is 6.07 Å². The van der Waals surface area contributed by atoms with Gasteiger partial charge in [0.15, 0.2) is 12.7 Å². The van der Waals surface area contributed by atoms with E-state index in [4.69, 9.17) is 4.74 Å². The Hall–Kier alpha value is -0.0900. The highest BCUT2D eigenvalue weighted by molar-refractivity contribution is 9.09. The lowest BCUT2D eigenvalue weighted by Crippen LogP contribution is -3.00. The summed E-state index contributed by atoms with van der Waals surface area (Å²) in [6.45, 7) is 1.06. The van der Waals surface area contributed by atoms with Gasteiger partial charge >= 0.3 is 5.88 Å². The van der Waals surface area contributed by atoms with Crippen LogP contribution in [0.2, 0.25) is 0 Å². The number of aryl methyl sites for hydroxylation is 1. The summed E-state index contributed by atoms with van der Waals surface area (Å²) in [4.78, 5) is 0. The molecule has 1 aromatic heterocycles. The van der Waals surface area contributed by atoms with E-state index >= 15 is 0 Å². The predicted octanol–water partition coefficient (Wildman–Crippen LogP) is -1.48. The molecule has 1 aromatic rings. The number of halogens is 2. The molecule has 0 spiro atoms. The van der Waals surface area contributed by atoms with Gasteiger partial charge in [-0.3, -0.25) is 0 Å². The van der Waals surface area contributed by atoms with Crippen LogP contribution in [0.4, 0.5) is 0 Å². The zero-order chi connectivity index (χ0) is 8.39. The fraction of sp³-hybridized carbons (Fsp3) is 0.444. The molecule has 0 amide bonds. The van der Waals surface area contributed by atoms with Crippen LogP contribution in [-0.2, 0) is 6.54 Å². The molecule has 1 aliphatic rings. The second-order valence-corrected chi connectivity index (χ2v) is 3.56. The minimum atomic E-state index is 0. The second-order valence-electron chi connectivity index (χ2n) is 2.92. The topological polar surface area (TPSA) is 13.1 Å². The molecule has 0 radical (unpaired) electrons. The molecule has 72 valence electrons. The van der Waals surface area contributed by atoms with Gasteiger partial charge in [-0.1, -0.05) is 15.9 Å². The van der Waals surface area contributed by atoms with Crippen molar-refractivity contribution in [1.29, 1.82) is 0 Å². The summed E-state index contributed by atoms with van der Waals surface area (Å²) < 4.78 is 7.84. The van der Waals surface area contributed by atoms with Crippen molar-refractivity contribution in [1.82, 2.24) is 0 Å². The van der Waals surface area contributed by atoms with Gasteiger partial charge in [0, 0.05) is 17.8 Å². The lowest BCUT2D eigenvalue weighted by Gasteiger charge is -2.18. The van der Waals surface area contributed by atoms with Gasteiger partial charge in [-0.2, -0.15) is 4.57 Å². The zero-order valence-corrected chi connectivity index (χ0v) is 10.3. The van der Waals surface area contributed by atoms with E-state index in [2.05, 4.69) is 26.7 Å². The number of hydrogen-bond donors (Lipinski definition) is 0. The minimum Gasteiger partial charge on any atom is -1.00 e. The Morgan fingerprint density at radius 3 is 3.15 bits per heavy atom. The van der Waals surface area contributed by atoms with Crippen LogP contribution in [0.15, 0.2) is 24.4 Å². The van der Waals surface area contributed by atoms with Gasteiger partial charge in [0.1, 0.15) is 6.10 Å². The van der Waals surface area contributed by atoms with Gasteiger partial charge in [0.2, 0.25) is 0 Å². The molecule has 0 saturated carbocycles. The highest BCUT2D eigenvalue weighted by Crippen LogP contribution is 2.14. The van der Waals surface area contributed by atoms with Crippen molar-refractivity contribution < 1.29 is 26.3 Å². The average Bonchev–Trinajstić information content (AvgIpc) is 2.17. The maximum atomic E-state index is 5.70. The largest absolute Gasteiger partial charge is 1.00 e. The molecule has 2 heterocycles. The number of rotatable bonds is 1. The van der Waals surface area contributed by atoms with E-state index in [0.717, 1.165) is 24.2 Å². The number of aromatic nitrogens is 1. The lowest BCUT2D eigenvalue weighted by atomic mass is 10.2. The van der Waals surface area contributed by atoms with E-state index < -0.39 is 0 Å². The molecule has 0 saturated heterocycles. The van der Waals surface area contributed by atoms with E-state index in [-0.39, 0.29) is 17.0 Å². The Balaban J connectivity index is 0.000000845. The first-order valence-corrected chi connectivity index (χ1v) is 5.23. The fourth-order valence-corrected chi connectivity index (χ4v) is 1.83. The SMILES string of the molecule is BrCC1CC[n+]2ccccc2O1.[Br-]. The molecule has 0 fully saturated rings. The lowest BCUT2D eigenvalue weighted by molar-refractivity contribution is -0.712. The highest BCUT2D eigenvalue weighted by atomic mass is 79.9. The number of fused-ring (bicyclic) bond motifs is 1. The van der Waals surface area contributed by atoms with Crippen LogP contribution in [0.5, 0.6) is 5.88 Å². The third-order valence-electron chi connectivity index (χ3n) is 2.05. The number of hydrogen-bond acceptors (Lipinski definition) is 1. The van der Waals surface area contributed by atoms with Crippen molar-refractivity contribution in [3.8, 4) is 5.88 Å². The van der Waals surface area contributed by atoms with Crippen LogP contribution in [-0.4, -0.2) is 11.4 Å². The Labute approximate surface area is 96.8 Å². The highest BCUT2D eigenvalue weighted by Gasteiger charge is 2.23. The molecule has 4 heteroatoms. The summed E-state index contributed by atoms with van der Waals surface area (Å²) in [5, 5.41) is 0.919. The van der Waals surface area contributed by atoms with Crippen LogP contribution >= 0.6 is 15.9 Å². The van der Waals surface area contributed by atoms with Crippen molar-refractivity contribution in [2.75, 3.05) is 5.33 Å². The molecule has 0 aliphatic carbocycles. The monoisotopic (exact) mass is 307 g/mol. The summed E-state index contributed by atoms with van der Waals surface area (Å²) >= 11 is 3.43.